The molecule has 1 aliphatic carbocycles. The lowest BCUT2D eigenvalue weighted by molar-refractivity contribution is -0.114. The number of hydrogen-bond acceptors (Lipinski definition) is 5. The highest BCUT2D eigenvalue weighted by molar-refractivity contribution is 7.16. The third kappa shape index (κ3) is 2.88. The van der Waals surface area contributed by atoms with E-state index in [4.69, 9.17) is 0 Å². The molecule has 2 rings (SSSR count). The van der Waals surface area contributed by atoms with Gasteiger partial charge in [-0.15, -0.1) is 0 Å². The predicted molar refractivity (Wildman–Crippen MR) is 71.8 cm³/mol. The number of carbonyl (C=O) groups is 1. The van der Waals surface area contributed by atoms with E-state index in [-0.39, 0.29) is 11.9 Å². The SMILES string of the molecule is CCCNC1CCc2nc(NC(C)=O)sc2C1O. The monoisotopic (exact) mass is 269 g/mol. The van der Waals surface area contributed by atoms with Crippen LogP contribution in [0, 0.1) is 0 Å². The summed E-state index contributed by atoms with van der Waals surface area (Å²) in [5.74, 6) is -0.128. The van der Waals surface area contributed by atoms with E-state index < -0.39 is 6.10 Å². The minimum absolute atomic E-state index is 0.100. The summed E-state index contributed by atoms with van der Waals surface area (Å²) in [5.41, 5.74) is 0.922. The molecule has 1 amide bonds. The number of nitrogens with zero attached hydrogens (tertiary/aromatic N) is 1. The molecule has 0 spiro atoms. The Morgan fingerprint density at radius 2 is 2.39 bits per heavy atom. The molecule has 18 heavy (non-hydrogen) atoms. The van der Waals surface area contributed by atoms with Gasteiger partial charge < -0.3 is 15.7 Å². The van der Waals surface area contributed by atoms with Crippen LogP contribution in [0.5, 0.6) is 0 Å². The van der Waals surface area contributed by atoms with Crippen LogP contribution in [-0.4, -0.2) is 28.6 Å². The quantitative estimate of drug-likeness (QED) is 0.773. The molecule has 0 aliphatic heterocycles. The first kappa shape index (κ1) is 13.5. The third-order valence-corrected chi connectivity index (χ3v) is 4.09. The lowest BCUT2D eigenvalue weighted by Crippen LogP contribution is -2.38. The number of anilines is 1. The van der Waals surface area contributed by atoms with Crippen molar-refractivity contribution in [3.63, 3.8) is 0 Å². The molecule has 0 radical (unpaired) electrons. The minimum atomic E-state index is -0.514. The van der Waals surface area contributed by atoms with E-state index in [2.05, 4.69) is 22.5 Å². The Bertz CT molecular complexity index is 433. The summed E-state index contributed by atoms with van der Waals surface area (Å²) in [5, 5.41) is 16.9. The maximum Gasteiger partial charge on any atom is 0.223 e. The van der Waals surface area contributed by atoms with Crippen molar-refractivity contribution in [2.75, 3.05) is 11.9 Å². The molecule has 1 aromatic heterocycles. The summed E-state index contributed by atoms with van der Waals surface area (Å²) in [6.45, 7) is 4.48. The molecule has 0 bridgehead atoms. The molecule has 6 heteroatoms. The van der Waals surface area contributed by atoms with Crippen molar-refractivity contribution in [3.8, 4) is 0 Å². The Morgan fingerprint density at radius 1 is 1.61 bits per heavy atom. The molecule has 1 aliphatic rings. The van der Waals surface area contributed by atoms with Crippen LogP contribution in [0.2, 0.25) is 0 Å². The highest BCUT2D eigenvalue weighted by atomic mass is 32.1. The van der Waals surface area contributed by atoms with Crippen LogP contribution in [-0.2, 0) is 11.2 Å². The number of aliphatic hydroxyl groups is 1. The molecule has 0 aromatic carbocycles. The van der Waals surface area contributed by atoms with Crippen LogP contribution >= 0.6 is 11.3 Å². The average Bonchev–Trinajstić information content (AvgIpc) is 2.71. The van der Waals surface area contributed by atoms with Gasteiger partial charge in [0.05, 0.1) is 10.6 Å². The predicted octanol–water partition coefficient (Wildman–Crippen LogP) is 1.45. The van der Waals surface area contributed by atoms with Crippen molar-refractivity contribution in [2.45, 2.75) is 45.3 Å². The van der Waals surface area contributed by atoms with E-state index in [9.17, 15) is 9.90 Å². The van der Waals surface area contributed by atoms with Gasteiger partial charge in [0.15, 0.2) is 5.13 Å². The topological polar surface area (TPSA) is 74.2 Å². The molecule has 1 aromatic rings. The Balaban J connectivity index is 2.11. The first-order valence-electron chi connectivity index (χ1n) is 6.30. The van der Waals surface area contributed by atoms with E-state index in [0.717, 1.165) is 36.4 Å². The van der Waals surface area contributed by atoms with Crippen molar-refractivity contribution in [1.29, 1.82) is 0 Å². The molecule has 3 N–H and O–H groups in total. The fraction of sp³-hybridized carbons (Fsp3) is 0.667. The number of nitrogens with one attached hydrogen (secondary N) is 2. The zero-order valence-electron chi connectivity index (χ0n) is 10.7. The van der Waals surface area contributed by atoms with Crippen LogP contribution in [0.15, 0.2) is 0 Å². The molecule has 0 saturated carbocycles. The van der Waals surface area contributed by atoms with Crippen LogP contribution in [0.25, 0.3) is 0 Å². The molecule has 0 fully saturated rings. The minimum Gasteiger partial charge on any atom is -0.386 e. The van der Waals surface area contributed by atoms with Crippen molar-refractivity contribution in [1.82, 2.24) is 10.3 Å². The van der Waals surface area contributed by atoms with E-state index in [1.54, 1.807) is 0 Å². The highest BCUT2D eigenvalue weighted by Crippen LogP contribution is 2.36. The first-order valence-corrected chi connectivity index (χ1v) is 7.12. The number of thiazole rings is 1. The van der Waals surface area contributed by atoms with E-state index >= 15 is 0 Å². The summed E-state index contributed by atoms with van der Waals surface area (Å²) in [7, 11) is 0. The number of aliphatic hydroxyl groups excluding tert-OH is 1. The summed E-state index contributed by atoms with van der Waals surface area (Å²) in [4.78, 5) is 16.2. The summed E-state index contributed by atoms with van der Waals surface area (Å²) in [6, 6.07) is 0.100. The van der Waals surface area contributed by atoms with Gasteiger partial charge in [-0.2, -0.15) is 0 Å². The van der Waals surface area contributed by atoms with E-state index in [0.29, 0.717) is 5.13 Å². The Kier molecular flexibility index (Phi) is 4.31. The van der Waals surface area contributed by atoms with Crippen LogP contribution in [0.1, 0.15) is 43.4 Å². The number of aromatic nitrogens is 1. The van der Waals surface area contributed by atoms with Crippen molar-refractivity contribution in [2.24, 2.45) is 0 Å². The van der Waals surface area contributed by atoms with Gasteiger partial charge in [-0.05, 0) is 25.8 Å². The number of carbonyl (C=O) groups excluding carboxylic acids is 1. The molecule has 2 atom stereocenters. The molecule has 5 nitrogen and oxygen atoms in total. The summed E-state index contributed by atoms with van der Waals surface area (Å²) < 4.78 is 0. The molecule has 1 heterocycles. The zero-order chi connectivity index (χ0) is 13.1. The first-order chi connectivity index (χ1) is 8.61. The fourth-order valence-electron chi connectivity index (χ4n) is 2.15. The van der Waals surface area contributed by atoms with Gasteiger partial charge in [0.2, 0.25) is 5.91 Å². The normalized spacial score (nSPS) is 22.6. The largest absolute Gasteiger partial charge is 0.386 e. The standard InChI is InChI=1S/C12H19N3O2S/c1-3-6-13-8-4-5-9-11(10(8)17)18-12(15-9)14-7(2)16/h8,10,13,17H,3-6H2,1-2H3,(H,14,15,16). The number of fused-ring (bicyclic) bond motifs is 1. The van der Waals surface area contributed by atoms with Crippen LogP contribution in [0.3, 0.4) is 0 Å². The van der Waals surface area contributed by atoms with Gasteiger partial charge in [-0.25, -0.2) is 4.98 Å². The van der Waals surface area contributed by atoms with Crippen molar-refractivity contribution < 1.29 is 9.90 Å². The third-order valence-electron chi connectivity index (χ3n) is 3.01. The van der Waals surface area contributed by atoms with Crippen molar-refractivity contribution in [3.05, 3.63) is 10.6 Å². The Hall–Kier alpha value is -0.980. The highest BCUT2D eigenvalue weighted by Gasteiger charge is 2.30. The van der Waals surface area contributed by atoms with Gasteiger partial charge >= 0.3 is 0 Å². The molecule has 2 unspecified atom stereocenters. The van der Waals surface area contributed by atoms with E-state index in [1.165, 1.54) is 18.3 Å². The fourth-order valence-corrected chi connectivity index (χ4v) is 3.26. The van der Waals surface area contributed by atoms with Gasteiger partial charge in [0.1, 0.15) is 6.10 Å². The molecular weight excluding hydrogens is 250 g/mol. The second kappa shape index (κ2) is 5.77. The lowest BCUT2D eigenvalue weighted by atomic mass is 9.95. The maximum atomic E-state index is 11.0. The Labute approximate surface area is 111 Å². The zero-order valence-corrected chi connectivity index (χ0v) is 11.5. The second-order valence-corrected chi connectivity index (χ2v) is 5.59. The molecular formula is C12H19N3O2S. The summed E-state index contributed by atoms with van der Waals surface area (Å²) >= 11 is 1.38. The Morgan fingerprint density at radius 3 is 3.06 bits per heavy atom. The van der Waals surface area contributed by atoms with Gasteiger partial charge in [-0.1, -0.05) is 18.3 Å². The van der Waals surface area contributed by atoms with Crippen molar-refractivity contribution >= 4 is 22.4 Å². The average molecular weight is 269 g/mol. The summed E-state index contributed by atoms with van der Waals surface area (Å²) in [6.07, 6.45) is 2.28. The second-order valence-electron chi connectivity index (χ2n) is 4.56. The molecule has 0 saturated heterocycles. The number of rotatable bonds is 4. The number of hydrogen-bond donors (Lipinski definition) is 3. The van der Waals surface area contributed by atoms with Gasteiger partial charge in [0.25, 0.3) is 0 Å². The number of amides is 1. The lowest BCUT2D eigenvalue weighted by Gasteiger charge is -2.27. The maximum absolute atomic E-state index is 11.0. The smallest absolute Gasteiger partial charge is 0.223 e. The molecule has 100 valence electrons. The van der Waals surface area contributed by atoms with E-state index in [1.807, 2.05) is 0 Å². The number of aryl methyl sites for hydroxylation is 1. The van der Waals surface area contributed by atoms with Crippen LogP contribution in [0.4, 0.5) is 5.13 Å². The van der Waals surface area contributed by atoms with Gasteiger partial charge in [-0.3, -0.25) is 4.79 Å². The van der Waals surface area contributed by atoms with Crippen LogP contribution < -0.4 is 10.6 Å². The van der Waals surface area contributed by atoms with Gasteiger partial charge in [0, 0.05) is 13.0 Å².